The van der Waals surface area contributed by atoms with Crippen LogP contribution in [-0.4, -0.2) is 30.0 Å². The molecule has 2 N–H and O–H groups in total. The molecule has 1 saturated heterocycles. The summed E-state index contributed by atoms with van der Waals surface area (Å²) in [4.78, 5) is 15.3. The van der Waals surface area contributed by atoms with Crippen molar-refractivity contribution in [2.24, 2.45) is 5.92 Å². The smallest absolute Gasteiger partial charge is 0.284 e. The second-order valence-electron chi connectivity index (χ2n) is 9.59. The van der Waals surface area contributed by atoms with E-state index in [1.54, 1.807) is 36.1 Å². The number of aryl methyl sites for hydroxylation is 1. The molecule has 2 fully saturated rings. The van der Waals surface area contributed by atoms with E-state index in [4.69, 9.17) is 10.1 Å². The Hall–Kier alpha value is -4.25. The lowest BCUT2D eigenvalue weighted by atomic mass is 9.95. The molecule has 0 spiro atoms. The molecule has 0 bridgehead atoms. The number of hydrogen-bond donors (Lipinski definition) is 2. The third kappa shape index (κ3) is 5.31. The maximum Gasteiger partial charge on any atom is 0.284 e. The van der Waals surface area contributed by atoms with Crippen molar-refractivity contribution in [3.05, 3.63) is 94.0 Å². The molecule has 3 aromatic rings. The second-order valence-corrected chi connectivity index (χ2v) is 9.59. The number of rotatable bonds is 7. The minimum absolute atomic E-state index is 0.0661. The number of amides is 1. The zero-order valence-electron chi connectivity index (χ0n) is 20.4. The molecule has 3 aromatic carbocycles. The Morgan fingerprint density at radius 1 is 1.19 bits per heavy atom. The standard InChI is InChI=1S/C29H26F2N4O2/c1-17-10-20(4-7-26(17)31)27(19-2-3-19)34-28(36)22-12-18(16-35-8-9-37-29(35)33)11-21(13-22)25-6-5-24(30)14-23(25)15-32/h4-7,10-14,19,27,33H,2-3,8-9,16H2,1H3,(H,34,36). The minimum Gasteiger partial charge on any atom is -0.463 e. The largest absolute Gasteiger partial charge is 0.463 e. The number of nitrogens with one attached hydrogen (secondary N) is 2. The Labute approximate surface area is 214 Å². The zero-order valence-corrected chi connectivity index (χ0v) is 20.4. The van der Waals surface area contributed by atoms with Gasteiger partial charge in [-0.2, -0.15) is 5.26 Å². The molecule has 1 saturated carbocycles. The number of benzene rings is 3. The maximum atomic E-state index is 13.9. The normalized spacial score (nSPS) is 15.7. The molecule has 2 aliphatic rings. The molecule has 6 nitrogen and oxygen atoms in total. The second kappa shape index (κ2) is 10.0. The van der Waals surface area contributed by atoms with Crippen LogP contribution in [0.4, 0.5) is 8.78 Å². The Kier molecular flexibility index (Phi) is 6.62. The van der Waals surface area contributed by atoms with Gasteiger partial charge in [-0.15, -0.1) is 0 Å². The van der Waals surface area contributed by atoms with Crippen LogP contribution in [0.2, 0.25) is 0 Å². The number of amidine groups is 1. The quantitative estimate of drug-likeness (QED) is 0.451. The van der Waals surface area contributed by atoms with Crippen molar-refractivity contribution in [1.29, 1.82) is 10.7 Å². The summed E-state index contributed by atoms with van der Waals surface area (Å²) in [6.07, 6.45) is 1.95. The van der Waals surface area contributed by atoms with Gasteiger partial charge in [-0.25, -0.2) is 8.78 Å². The van der Waals surface area contributed by atoms with Crippen LogP contribution < -0.4 is 5.32 Å². The van der Waals surface area contributed by atoms with Crippen molar-refractivity contribution in [3.63, 3.8) is 0 Å². The molecule has 1 atom stereocenters. The van der Waals surface area contributed by atoms with Crippen LogP contribution in [0.1, 0.15) is 51.5 Å². The average molecular weight is 501 g/mol. The summed E-state index contributed by atoms with van der Waals surface area (Å²) >= 11 is 0. The predicted octanol–water partition coefficient (Wildman–Crippen LogP) is 5.46. The first-order valence-electron chi connectivity index (χ1n) is 12.2. The van der Waals surface area contributed by atoms with Crippen molar-refractivity contribution < 1.29 is 18.3 Å². The third-order valence-corrected chi connectivity index (χ3v) is 6.85. The van der Waals surface area contributed by atoms with Crippen molar-refractivity contribution in [2.45, 2.75) is 32.4 Å². The van der Waals surface area contributed by atoms with Gasteiger partial charge in [0.05, 0.1) is 24.2 Å². The summed E-state index contributed by atoms with van der Waals surface area (Å²) in [6, 6.07) is 16.1. The molecule has 1 aliphatic carbocycles. The lowest BCUT2D eigenvalue weighted by Crippen LogP contribution is -2.30. The van der Waals surface area contributed by atoms with Gasteiger partial charge in [-0.1, -0.05) is 18.2 Å². The lowest BCUT2D eigenvalue weighted by Gasteiger charge is -2.21. The Morgan fingerprint density at radius 2 is 2.00 bits per heavy atom. The van der Waals surface area contributed by atoms with Crippen LogP contribution in [0.3, 0.4) is 0 Å². The van der Waals surface area contributed by atoms with Gasteiger partial charge in [0.15, 0.2) is 0 Å². The fraction of sp³-hybridized carbons (Fsp3) is 0.276. The third-order valence-electron chi connectivity index (χ3n) is 6.85. The number of carbonyl (C=O) groups excluding carboxylic acids is 1. The summed E-state index contributed by atoms with van der Waals surface area (Å²) in [5.74, 6) is -0.818. The average Bonchev–Trinajstić information content (AvgIpc) is 3.65. The van der Waals surface area contributed by atoms with E-state index < -0.39 is 5.82 Å². The Morgan fingerprint density at radius 3 is 2.68 bits per heavy atom. The first-order valence-corrected chi connectivity index (χ1v) is 12.2. The van der Waals surface area contributed by atoms with E-state index >= 15 is 0 Å². The molecule has 1 aliphatic heterocycles. The zero-order chi connectivity index (χ0) is 26.1. The van der Waals surface area contributed by atoms with E-state index in [-0.39, 0.29) is 35.3 Å². The Bertz CT molecular complexity index is 1430. The van der Waals surface area contributed by atoms with Crippen molar-refractivity contribution in [1.82, 2.24) is 10.2 Å². The van der Waals surface area contributed by atoms with Gasteiger partial charge in [0.2, 0.25) is 0 Å². The van der Waals surface area contributed by atoms with E-state index in [9.17, 15) is 18.8 Å². The van der Waals surface area contributed by atoms with E-state index in [1.165, 1.54) is 24.3 Å². The highest BCUT2D eigenvalue weighted by Crippen LogP contribution is 2.41. The summed E-state index contributed by atoms with van der Waals surface area (Å²) in [7, 11) is 0. The summed E-state index contributed by atoms with van der Waals surface area (Å²) in [6.45, 7) is 3.02. The summed E-state index contributed by atoms with van der Waals surface area (Å²) in [5, 5.41) is 20.7. The number of carbonyl (C=O) groups is 1. The molecule has 0 radical (unpaired) electrons. The highest BCUT2D eigenvalue weighted by Gasteiger charge is 2.34. The highest BCUT2D eigenvalue weighted by atomic mass is 19.1. The first kappa shape index (κ1) is 24.4. The van der Waals surface area contributed by atoms with E-state index in [0.717, 1.165) is 24.0 Å². The van der Waals surface area contributed by atoms with E-state index in [2.05, 4.69) is 5.32 Å². The SMILES string of the molecule is Cc1cc(C(NC(=O)c2cc(CN3CCOC3=N)cc(-c3ccc(F)cc3C#N)c2)C2CC2)ccc1F. The van der Waals surface area contributed by atoms with Gasteiger partial charge >= 0.3 is 0 Å². The van der Waals surface area contributed by atoms with Crippen molar-refractivity contribution in [2.75, 3.05) is 13.2 Å². The van der Waals surface area contributed by atoms with Gasteiger partial charge < -0.3 is 15.0 Å². The number of ether oxygens (including phenoxy) is 1. The molecule has 1 heterocycles. The number of halogens is 2. The van der Waals surface area contributed by atoms with Gasteiger partial charge in [0, 0.05) is 12.1 Å². The summed E-state index contributed by atoms with van der Waals surface area (Å²) < 4.78 is 32.9. The fourth-order valence-electron chi connectivity index (χ4n) is 4.74. The maximum absolute atomic E-state index is 13.9. The molecule has 188 valence electrons. The van der Waals surface area contributed by atoms with Crippen LogP contribution in [0, 0.1) is 41.2 Å². The molecule has 1 amide bonds. The number of nitrogens with zero attached hydrogens (tertiary/aromatic N) is 2. The molecular formula is C29H26F2N4O2. The van der Waals surface area contributed by atoms with E-state index in [1.807, 2.05) is 12.1 Å². The van der Waals surface area contributed by atoms with Gasteiger partial charge in [-0.05, 0) is 89.9 Å². The van der Waals surface area contributed by atoms with Crippen LogP contribution >= 0.6 is 0 Å². The van der Waals surface area contributed by atoms with Gasteiger partial charge in [-0.3, -0.25) is 10.2 Å². The monoisotopic (exact) mass is 500 g/mol. The lowest BCUT2D eigenvalue weighted by molar-refractivity contribution is 0.0931. The molecule has 8 heteroatoms. The molecule has 5 rings (SSSR count). The molecule has 37 heavy (non-hydrogen) atoms. The first-order chi connectivity index (χ1) is 17.8. The molecule has 0 aromatic heterocycles. The predicted molar refractivity (Wildman–Crippen MR) is 135 cm³/mol. The number of nitriles is 1. The van der Waals surface area contributed by atoms with Crippen LogP contribution in [-0.2, 0) is 11.3 Å². The molecule has 1 unspecified atom stereocenters. The topological polar surface area (TPSA) is 89.2 Å². The molecular weight excluding hydrogens is 474 g/mol. The van der Waals surface area contributed by atoms with Crippen LogP contribution in [0.25, 0.3) is 11.1 Å². The summed E-state index contributed by atoms with van der Waals surface area (Å²) in [5.41, 5.74) is 3.81. The van der Waals surface area contributed by atoms with Crippen LogP contribution in [0.15, 0.2) is 54.6 Å². The van der Waals surface area contributed by atoms with Gasteiger partial charge in [0.1, 0.15) is 18.2 Å². The van der Waals surface area contributed by atoms with Crippen LogP contribution in [0.5, 0.6) is 0 Å². The van der Waals surface area contributed by atoms with Crippen molar-refractivity contribution in [3.8, 4) is 17.2 Å². The Balaban J connectivity index is 1.51. The fourth-order valence-corrected chi connectivity index (χ4v) is 4.74. The van der Waals surface area contributed by atoms with Gasteiger partial charge in [0.25, 0.3) is 11.9 Å². The highest BCUT2D eigenvalue weighted by molar-refractivity contribution is 5.96. The van der Waals surface area contributed by atoms with Crippen molar-refractivity contribution >= 4 is 11.9 Å². The number of hydrogen-bond acceptors (Lipinski definition) is 4. The van der Waals surface area contributed by atoms with E-state index in [0.29, 0.717) is 42.0 Å². The minimum atomic E-state index is -0.515.